The van der Waals surface area contributed by atoms with Gasteiger partial charge in [-0.1, -0.05) is 72.8 Å². The largest absolute Gasteiger partial charge is 0.230 e. The lowest BCUT2D eigenvalue weighted by Gasteiger charge is -2.09. The maximum absolute atomic E-state index is 12.6. The molecule has 0 aliphatic heterocycles. The first-order valence-electron chi connectivity index (χ1n) is 8.63. The van der Waals surface area contributed by atoms with Crippen LogP contribution in [0.25, 0.3) is 38.3 Å². The van der Waals surface area contributed by atoms with E-state index in [2.05, 4.69) is 11.2 Å². The second-order valence-electron chi connectivity index (χ2n) is 6.64. The number of hydrogen-bond acceptors (Lipinski definition) is 3. The van der Waals surface area contributed by atoms with Crippen LogP contribution >= 0.6 is 0 Å². The highest BCUT2D eigenvalue weighted by atomic mass is 32.2. The molecule has 0 unspecified atom stereocenters. The first-order valence-corrected chi connectivity index (χ1v) is 10.5. The molecule has 0 atom stereocenters. The van der Waals surface area contributed by atoms with E-state index >= 15 is 0 Å². The third-order valence-electron chi connectivity index (χ3n) is 4.87. The second-order valence-corrected chi connectivity index (χ2v) is 8.57. The zero-order valence-electron chi connectivity index (χ0n) is 14.6. The van der Waals surface area contributed by atoms with Gasteiger partial charge in [-0.2, -0.15) is 5.10 Å². The minimum absolute atomic E-state index is 0.107. The van der Waals surface area contributed by atoms with Crippen LogP contribution in [0.15, 0.2) is 83.9 Å². The van der Waals surface area contributed by atoms with Gasteiger partial charge in [-0.15, -0.1) is 0 Å². The van der Waals surface area contributed by atoms with Crippen molar-refractivity contribution in [2.75, 3.05) is 6.26 Å². The third kappa shape index (κ3) is 2.35. The molecule has 0 bridgehead atoms. The zero-order valence-corrected chi connectivity index (χ0v) is 15.4. The van der Waals surface area contributed by atoms with E-state index in [0.29, 0.717) is 5.56 Å². The van der Waals surface area contributed by atoms with E-state index in [1.807, 2.05) is 72.8 Å². The Bertz CT molecular complexity index is 1440. The zero-order chi connectivity index (χ0) is 18.6. The van der Waals surface area contributed by atoms with Gasteiger partial charge in [0, 0.05) is 22.6 Å². The van der Waals surface area contributed by atoms with E-state index in [-0.39, 0.29) is 5.03 Å². The Balaban J connectivity index is 2.14. The molecular formula is C22H16N2O2S. The second kappa shape index (κ2) is 5.66. The molecule has 27 heavy (non-hydrogen) atoms. The number of sulfone groups is 1. The van der Waals surface area contributed by atoms with Crippen LogP contribution in [0.2, 0.25) is 0 Å². The molecule has 0 spiro atoms. The topological polar surface area (TPSA) is 51.4 Å². The summed E-state index contributed by atoms with van der Waals surface area (Å²) in [6.45, 7) is 0. The summed E-state index contributed by atoms with van der Waals surface area (Å²) in [6.07, 6.45) is 1.21. The molecule has 132 valence electrons. The summed E-state index contributed by atoms with van der Waals surface area (Å²) in [6, 6.07) is 25.6. The Kier molecular flexibility index (Phi) is 3.36. The van der Waals surface area contributed by atoms with E-state index in [1.54, 1.807) is 4.52 Å². The molecule has 0 amide bonds. The van der Waals surface area contributed by atoms with E-state index in [9.17, 15) is 8.42 Å². The minimum atomic E-state index is -3.51. The van der Waals surface area contributed by atoms with Gasteiger partial charge >= 0.3 is 0 Å². The molecule has 3 aromatic carbocycles. The van der Waals surface area contributed by atoms with Crippen molar-refractivity contribution in [2.45, 2.75) is 5.03 Å². The number of hydrogen-bond donors (Lipinski definition) is 0. The number of aromatic nitrogens is 2. The molecule has 5 aromatic rings. The quantitative estimate of drug-likeness (QED) is 0.422. The molecule has 4 nitrogen and oxygen atoms in total. The van der Waals surface area contributed by atoms with E-state index in [0.717, 1.165) is 32.8 Å². The highest BCUT2D eigenvalue weighted by Crippen LogP contribution is 2.38. The van der Waals surface area contributed by atoms with Gasteiger partial charge in [0.25, 0.3) is 0 Å². The van der Waals surface area contributed by atoms with Crippen molar-refractivity contribution in [1.29, 1.82) is 0 Å². The smallest absolute Gasteiger partial charge is 0.195 e. The van der Waals surface area contributed by atoms with Gasteiger partial charge in [-0.25, -0.2) is 12.9 Å². The minimum Gasteiger partial charge on any atom is -0.230 e. The Morgan fingerprint density at radius 3 is 2.04 bits per heavy atom. The molecule has 0 N–H and O–H groups in total. The van der Waals surface area contributed by atoms with Crippen LogP contribution in [0.1, 0.15) is 0 Å². The molecule has 0 radical (unpaired) electrons. The molecule has 5 rings (SSSR count). The monoisotopic (exact) mass is 372 g/mol. The molecule has 0 aliphatic rings. The Hall–Kier alpha value is -3.18. The Morgan fingerprint density at radius 2 is 1.33 bits per heavy atom. The molecule has 0 saturated carbocycles. The standard InChI is InChI=1S/C22H16N2O2S/c1-27(25,26)22-20(15-9-3-2-4-10-15)21-18-13-6-5-11-16(18)17-12-7-8-14-19(17)24(21)23-22/h2-14H,1H3. The SMILES string of the molecule is CS(=O)(=O)c1nn2c3ccccc3c3ccccc3c2c1-c1ccccc1. The van der Waals surface area contributed by atoms with Gasteiger partial charge in [0.15, 0.2) is 14.9 Å². The first-order chi connectivity index (χ1) is 13.1. The van der Waals surface area contributed by atoms with Gasteiger partial charge in [-0.3, -0.25) is 0 Å². The summed E-state index contributed by atoms with van der Waals surface area (Å²) in [5.74, 6) is 0. The molecule has 2 heterocycles. The molecule has 0 fully saturated rings. The van der Waals surface area contributed by atoms with Crippen LogP contribution in [0, 0.1) is 0 Å². The van der Waals surface area contributed by atoms with Crippen molar-refractivity contribution in [2.24, 2.45) is 0 Å². The van der Waals surface area contributed by atoms with Gasteiger partial charge in [-0.05, 0) is 17.0 Å². The molecule has 0 saturated heterocycles. The number of benzene rings is 3. The first kappa shape index (κ1) is 16.0. The van der Waals surface area contributed by atoms with Crippen molar-refractivity contribution in [3.63, 3.8) is 0 Å². The Morgan fingerprint density at radius 1 is 0.741 bits per heavy atom. The average molecular weight is 372 g/mol. The van der Waals surface area contributed by atoms with Crippen LogP contribution < -0.4 is 0 Å². The maximum Gasteiger partial charge on any atom is 0.195 e. The highest BCUT2D eigenvalue weighted by Gasteiger charge is 2.25. The van der Waals surface area contributed by atoms with Gasteiger partial charge < -0.3 is 0 Å². The van der Waals surface area contributed by atoms with Crippen molar-refractivity contribution < 1.29 is 8.42 Å². The van der Waals surface area contributed by atoms with Crippen molar-refractivity contribution in [3.8, 4) is 11.1 Å². The number of nitrogens with zero attached hydrogens (tertiary/aromatic N) is 2. The average Bonchev–Trinajstić information content (AvgIpc) is 3.10. The van der Waals surface area contributed by atoms with Crippen molar-refractivity contribution >= 4 is 37.0 Å². The van der Waals surface area contributed by atoms with Crippen molar-refractivity contribution in [3.05, 3.63) is 78.9 Å². The summed E-state index contributed by atoms with van der Waals surface area (Å²) < 4.78 is 27.0. The van der Waals surface area contributed by atoms with Gasteiger partial charge in [0.05, 0.1) is 11.0 Å². The van der Waals surface area contributed by atoms with Gasteiger partial charge in [0.2, 0.25) is 0 Å². The van der Waals surface area contributed by atoms with Crippen LogP contribution in [0.4, 0.5) is 0 Å². The van der Waals surface area contributed by atoms with Crippen molar-refractivity contribution in [1.82, 2.24) is 9.61 Å². The summed E-state index contributed by atoms with van der Waals surface area (Å²) in [4.78, 5) is 0. The summed E-state index contributed by atoms with van der Waals surface area (Å²) in [5.41, 5.74) is 3.20. The number of para-hydroxylation sites is 1. The lowest BCUT2D eigenvalue weighted by molar-refractivity contribution is 0.597. The number of fused-ring (bicyclic) bond motifs is 6. The van der Waals surface area contributed by atoms with Crippen LogP contribution in [-0.4, -0.2) is 24.3 Å². The fourth-order valence-electron chi connectivity index (χ4n) is 3.76. The van der Waals surface area contributed by atoms with Gasteiger partial charge in [0.1, 0.15) is 0 Å². The Labute approximate surface area is 156 Å². The predicted octanol–water partition coefficient (Wildman–Crippen LogP) is 4.71. The molecular weight excluding hydrogens is 356 g/mol. The summed E-state index contributed by atoms with van der Waals surface area (Å²) >= 11 is 0. The third-order valence-corrected chi connectivity index (χ3v) is 5.86. The van der Waals surface area contributed by atoms with Crippen LogP contribution in [0.5, 0.6) is 0 Å². The van der Waals surface area contributed by atoms with E-state index in [1.165, 1.54) is 6.26 Å². The fourth-order valence-corrected chi connectivity index (χ4v) is 4.57. The highest BCUT2D eigenvalue weighted by molar-refractivity contribution is 7.90. The lowest BCUT2D eigenvalue weighted by atomic mass is 10.0. The van der Waals surface area contributed by atoms with Crippen LogP contribution in [-0.2, 0) is 9.84 Å². The lowest BCUT2D eigenvalue weighted by Crippen LogP contribution is -2.00. The maximum atomic E-state index is 12.6. The van der Waals surface area contributed by atoms with E-state index < -0.39 is 9.84 Å². The van der Waals surface area contributed by atoms with E-state index in [4.69, 9.17) is 0 Å². The predicted molar refractivity (Wildman–Crippen MR) is 109 cm³/mol. The molecule has 5 heteroatoms. The fraction of sp³-hybridized carbons (Fsp3) is 0.0455. The summed E-state index contributed by atoms with van der Waals surface area (Å²) in [7, 11) is -3.51. The number of rotatable bonds is 2. The molecule has 2 aromatic heterocycles. The normalized spacial score (nSPS) is 12.2. The number of pyridine rings is 1. The summed E-state index contributed by atoms with van der Waals surface area (Å²) in [5, 5.41) is 7.78. The molecule has 0 aliphatic carbocycles. The van der Waals surface area contributed by atoms with Crippen LogP contribution in [0.3, 0.4) is 0 Å².